The molecule has 3 heterocycles. The van der Waals surface area contributed by atoms with Gasteiger partial charge < -0.3 is 45.3 Å². The Morgan fingerprint density at radius 1 is 1.15 bits per heavy atom. The molecule has 8 atom stereocenters. The number of nitrogens with zero attached hydrogens (tertiary/aromatic N) is 1. The molecule has 0 aliphatic carbocycles. The summed E-state index contributed by atoms with van der Waals surface area (Å²) in [5.74, 6) is -2.34. The maximum absolute atomic E-state index is 12.7. The second kappa shape index (κ2) is 11.8. The molecule has 2 amide bonds. The smallest absolute Gasteiger partial charge is 0.330 e. The maximum atomic E-state index is 12.7. The monoisotopic (exact) mass is 612 g/mol. The Balaban J connectivity index is 1.54. The van der Waals surface area contributed by atoms with Crippen LogP contribution in [0.2, 0.25) is 0 Å². The number of H-pyrrole nitrogens is 1. The van der Waals surface area contributed by atoms with E-state index in [0.717, 1.165) is 27.4 Å². The van der Waals surface area contributed by atoms with Crippen molar-refractivity contribution in [3.8, 4) is 0 Å². The third-order valence-electron chi connectivity index (χ3n) is 6.03. The van der Waals surface area contributed by atoms with Crippen molar-refractivity contribution in [3.05, 3.63) is 73.7 Å². The van der Waals surface area contributed by atoms with Crippen LogP contribution in [0.5, 0.6) is 0 Å². The minimum atomic E-state index is -1.79. The number of methoxy groups -OCH3 is 1. The summed E-state index contributed by atoms with van der Waals surface area (Å²) in [5, 5.41) is 34.1. The van der Waals surface area contributed by atoms with Crippen molar-refractivity contribution < 1.29 is 43.9 Å². The van der Waals surface area contributed by atoms with E-state index in [9.17, 15) is 34.5 Å². The highest BCUT2D eigenvalue weighted by Crippen LogP contribution is 2.34. The van der Waals surface area contributed by atoms with Crippen LogP contribution in [0.15, 0.2) is 62.4 Å². The molecule has 1 aromatic carbocycles. The van der Waals surface area contributed by atoms with E-state index in [0.29, 0.717) is 5.69 Å². The number of aromatic nitrogens is 2. The summed E-state index contributed by atoms with van der Waals surface area (Å²) in [6.45, 7) is 0. The van der Waals surface area contributed by atoms with E-state index in [-0.39, 0.29) is 0 Å². The summed E-state index contributed by atoms with van der Waals surface area (Å²) in [6, 6.07) is 7.60. The van der Waals surface area contributed by atoms with Gasteiger partial charge >= 0.3 is 5.69 Å². The Morgan fingerprint density at radius 3 is 2.46 bits per heavy atom. The first-order chi connectivity index (χ1) is 18.5. The van der Waals surface area contributed by atoms with E-state index in [1.165, 1.54) is 7.11 Å². The first kappa shape index (κ1) is 28.6. The van der Waals surface area contributed by atoms with Crippen molar-refractivity contribution in [1.29, 1.82) is 0 Å². The number of aromatic amines is 1. The van der Waals surface area contributed by atoms with Gasteiger partial charge in [-0.25, -0.2) is 4.79 Å². The number of carbonyl (C=O) groups excluding carboxylic acids is 2. The molecule has 7 N–H and O–H groups in total. The van der Waals surface area contributed by atoms with Gasteiger partial charge in [-0.3, -0.25) is 23.9 Å². The summed E-state index contributed by atoms with van der Waals surface area (Å²) in [6.07, 6.45) is -10.6. The number of anilines is 1. The first-order valence-electron chi connectivity index (χ1n) is 11.4. The van der Waals surface area contributed by atoms with E-state index in [1.54, 1.807) is 24.3 Å². The molecule has 4 rings (SSSR count). The van der Waals surface area contributed by atoms with E-state index in [1.807, 2.05) is 4.98 Å². The minimum absolute atomic E-state index is 0.403. The molecule has 0 unspecified atom stereocenters. The number of primary amides is 1. The van der Waals surface area contributed by atoms with Crippen molar-refractivity contribution in [1.82, 2.24) is 9.55 Å². The first-order valence-corrected chi connectivity index (χ1v) is 12.2. The lowest BCUT2D eigenvalue weighted by molar-refractivity contribution is -0.241. The van der Waals surface area contributed by atoms with E-state index in [4.69, 9.17) is 24.7 Å². The molecule has 1 fully saturated rings. The Kier molecular flexibility index (Phi) is 8.65. The van der Waals surface area contributed by atoms with Crippen molar-refractivity contribution in [2.75, 3.05) is 12.4 Å². The number of rotatable bonds is 8. The maximum Gasteiger partial charge on any atom is 0.330 e. The number of nitrogens with one attached hydrogen (secondary N) is 2. The van der Waals surface area contributed by atoms with Crippen LogP contribution in [0.3, 0.4) is 0 Å². The third kappa shape index (κ3) is 6.11. The molecule has 0 spiro atoms. The van der Waals surface area contributed by atoms with Gasteiger partial charge in [-0.1, -0.05) is 15.9 Å². The second-order valence-electron chi connectivity index (χ2n) is 8.62. The highest BCUT2D eigenvalue weighted by atomic mass is 79.9. The zero-order valence-electron chi connectivity index (χ0n) is 20.2. The van der Waals surface area contributed by atoms with E-state index in [2.05, 4.69) is 21.2 Å². The van der Waals surface area contributed by atoms with Gasteiger partial charge in [-0.2, -0.15) is 0 Å². The molecular weight excluding hydrogens is 588 g/mol. The number of nitrogens with two attached hydrogens (primary N) is 1. The van der Waals surface area contributed by atoms with Crippen molar-refractivity contribution in [2.45, 2.75) is 49.1 Å². The fraction of sp³-hybridized carbons (Fsp3) is 0.391. The topological polar surface area (TPSA) is 225 Å². The van der Waals surface area contributed by atoms with Crippen LogP contribution in [-0.4, -0.2) is 86.7 Å². The average Bonchev–Trinajstić information content (AvgIpc) is 3.21. The number of benzene rings is 1. The Bertz CT molecular complexity index is 1360. The molecule has 2 aliphatic heterocycles. The number of hydrogen-bond donors (Lipinski definition) is 6. The molecule has 1 saturated heterocycles. The van der Waals surface area contributed by atoms with Crippen LogP contribution in [0.4, 0.5) is 5.69 Å². The molecule has 16 heteroatoms. The zero-order valence-corrected chi connectivity index (χ0v) is 21.8. The number of hydrogen-bond acceptors (Lipinski definition) is 11. The van der Waals surface area contributed by atoms with Gasteiger partial charge in [0.25, 0.3) is 11.5 Å². The SMILES string of the molecule is CO[C@H]1[C@@H](O)[C@H](n2ccc(=O)[nH]c2=O)O[C@@H]1[C@@H](O[C@H]1OC(C(=O)Nc2ccc(Br)cc2)=C[C@H](O)[C@@H]1O)C(N)=O. The molecule has 0 bridgehead atoms. The Labute approximate surface area is 227 Å². The Morgan fingerprint density at radius 2 is 1.85 bits per heavy atom. The highest BCUT2D eigenvalue weighted by Gasteiger charge is 2.52. The molecule has 2 aliphatic rings. The van der Waals surface area contributed by atoms with Gasteiger partial charge in [0, 0.05) is 29.5 Å². The highest BCUT2D eigenvalue weighted by molar-refractivity contribution is 9.10. The lowest BCUT2D eigenvalue weighted by atomic mass is 10.0. The number of amides is 2. The molecule has 2 aromatic rings. The van der Waals surface area contributed by atoms with Crippen molar-refractivity contribution in [2.24, 2.45) is 5.73 Å². The third-order valence-corrected chi connectivity index (χ3v) is 6.55. The standard InChI is InChI=1S/C23H25BrN4O11/c1-36-16-15(32)21(28-7-6-13(30)27-23(28)35)38-17(16)18(19(25)33)39-22-14(31)11(29)8-12(37-22)20(34)26-10-4-2-9(24)3-5-10/h2-8,11,14-18,21-22,29,31-32H,1H3,(H2,25,33)(H,26,34)(H,27,30,35)/t11-,14-,15+,16-,17-,18+,21+,22+/m0/s1. The summed E-state index contributed by atoms with van der Waals surface area (Å²) in [4.78, 5) is 50.8. The summed E-state index contributed by atoms with van der Waals surface area (Å²) >= 11 is 3.28. The molecule has 1 aromatic heterocycles. The second-order valence-corrected chi connectivity index (χ2v) is 9.53. The largest absolute Gasteiger partial charge is 0.456 e. The van der Waals surface area contributed by atoms with Gasteiger partial charge in [0.2, 0.25) is 12.2 Å². The number of aliphatic hydroxyl groups is 3. The predicted molar refractivity (Wildman–Crippen MR) is 134 cm³/mol. The summed E-state index contributed by atoms with van der Waals surface area (Å²) in [7, 11) is 1.20. The summed E-state index contributed by atoms with van der Waals surface area (Å²) in [5.41, 5.74) is 4.34. The quantitative estimate of drug-likeness (QED) is 0.192. The van der Waals surface area contributed by atoms with Crippen LogP contribution in [-0.2, 0) is 28.5 Å². The fourth-order valence-corrected chi connectivity index (χ4v) is 4.38. The molecular formula is C23H25BrN4O11. The van der Waals surface area contributed by atoms with Crippen LogP contribution >= 0.6 is 15.9 Å². The number of halogens is 1. The van der Waals surface area contributed by atoms with Crippen LogP contribution in [0.25, 0.3) is 0 Å². The predicted octanol–water partition coefficient (Wildman–Crippen LogP) is -1.96. The summed E-state index contributed by atoms with van der Waals surface area (Å²) < 4.78 is 23.7. The fourth-order valence-electron chi connectivity index (χ4n) is 4.11. The van der Waals surface area contributed by atoms with Gasteiger partial charge in [-0.05, 0) is 30.3 Å². The van der Waals surface area contributed by atoms with Gasteiger partial charge in [-0.15, -0.1) is 0 Å². The van der Waals surface area contributed by atoms with Gasteiger partial charge in [0.15, 0.2) is 18.1 Å². The number of aliphatic hydroxyl groups excluding tert-OH is 3. The van der Waals surface area contributed by atoms with E-state index >= 15 is 0 Å². The minimum Gasteiger partial charge on any atom is -0.456 e. The Hall–Kier alpha value is -3.38. The number of ether oxygens (including phenoxy) is 4. The van der Waals surface area contributed by atoms with Crippen molar-refractivity contribution >= 4 is 33.4 Å². The van der Waals surface area contributed by atoms with Gasteiger partial charge in [0.05, 0.1) is 0 Å². The van der Waals surface area contributed by atoms with Crippen molar-refractivity contribution in [3.63, 3.8) is 0 Å². The molecule has 39 heavy (non-hydrogen) atoms. The van der Waals surface area contributed by atoms with Crippen LogP contribution in [0, 0.1) is 0 Å². The molecule has 0 radical (unpaired) electrons. The van der Waals surface area contributed by atoms with E-state index < -0.39 is 78.0 Å². The lowest BCUT2D eigenvalue weighted by Gasteiger charge is -2.35. The normalized spacial score (nSPS) is 29.3. The lowest BCUT2D eigenvalue weighted by Crippen LogP contribution is -2.53. The molecule has 210 valence electrons. The number of carbonyl (C=O) groups is 2. The van der Waals surface area contributed by atoms with Crippen LogP contribution in [0.1, 0.15) is 6.23 Å². The molecule has 0 saturated carbocycles. The average molecular weight is 613 g/mol. The zero-order chi connectivity index (χ0) is 28.4. The molecule has 15 nitrogen and oxygen atoms in total. The van der Waals surface area contributed by atoms with Gasteiger partial charge in [0.1, 0.15) is 30.5 Å². The van der Waals surface area contributed by atoms with Crippen LogP contribution < -0.4 is 22.3 Å².